The van der Waals surface area contributed by atoms with Crippen molar-refractivity contribution in [2.75, 3.05) is 18.4 Å². The molecule has 1 fully saturated rings. The highest BCUT2D eigenvalue weighted by molar-refractivity contribution is 5.84. The molecule has 2 aromatic rings. The van der Waals surface area contributed by atoms with Crippen molar-refractivity contribution in [3.05, 3.63) is 36.7 Å². The van der Waals surface area contributed by atoms with E-state index in [1.54, 1.807) is 0 Å². The third-order valence-electron chi connectivity index (χ3n) is 3.56. The van der Waals surface area contributed by atoms with Crippen molar-refractivity contribution >= 4 is 28.4 Å². The predicted octanol–water partition coefficient (Wildman–Crippen LogP) is 3.28. The number of aliphatic carboxylic acids is 2. The van der Waals surface area contributed by atoms with Gasteiger partial charge < -0.3 is 20.8 Å². The molecule has 1 aromatic carbocycles. The number of hydrogen-bond donors (Lipinski definition) is 4. The van der Waals surface area contributed by atoms with Gasteiger partial charge in [0.1, 0.15) is 0 Å². The van der Waals surface area contributed by atoms with Gasteiger partial charge in [-0.25, -0.2) is 9.59 Å². The average Bonchev–Trinajstić information content (AvgIpc) is 3.14. The molecule has 0 aliphatic carbocycles. The van der Waals surface area contributed by atoms with Crippen molar-refractivity contribution in [3.8, 4) is 0 Å². The Hall–Kier alpha value is -3.09. The minimum atomic E-state index is -5.08. The van der Waals surface area contributed by atoms with E-state index in [1.807, 2.05) is 18.5 Å². The van der Waals surface area contributed by atoms with E-state index < -0.39 is 24.3 Å². The maximum Gasteiger partial charge on any atom is 0.490 e. The summed E-state index contributed by atoms with van der Waals surface area (Å²) in [5.74, 6) is -5.51. The number of aromatic nitrogens is 1. The summed E-state index contributed by atoms with van der Waals surface area (Å²) < 4.78 is 63.5. The third kappa shape index (κ3) is 8.94. The smallest absolute Gasteiger partial charge is 0.475 e. The minimum Gasteiger partial charge on any atom is -0.475 e. The van der Waals surface area contributed by atoms with Gasteiger partial charge in [0.05, 0.1) is 0 Å². The van der Waals surface area contributed by atoms with E-state index in [0.717, 1.165) is 13.1 Å². The maximum absolute atomic E-state index is 10.6. The molecular weight excluding hydrogens is 424 g/mol. The molecule has 13 heteroatoms. The highest BCUT2D eigenvalue weighted by atomic mass is 19.4. The van der Waals surface area contributed by atoms with Crippen LogP contribution in [0.1, 0.15) is 6.42 Å². The first-order chi connectivity index (χ1) is 13.8. The number of hydrogen-bond acceptors (Lipinski definition) is 5. The van der Waals surface area contributed by atoms with Crippen LogP contribution in [0.15, 0.2) is 36.7 Å². The minimum absolute atomic E-state index is 0.569. The van der Waals surface area contributed by atoms with E-state index in [-0.39, 0.29) is 0 Å². The van der Waals surface area contributed by atoms with Gasteiger partial charge in [-0.3, -0.25) is 4.98 Å². The van der Waals surface area contributed by atoms with Gasteiger partial charge >= 0.3 is 24.3 Å². The number of carboxylic acid groups (broad SMARTS) is 2. The lowest BCUT2D eigenvalue weighted by Gasteiger charge is -2.13. The first-order valence-electron chi connectivity index (χ1n) is 8.22. The van der Waals surface area contributed by atoms with E-state index in [9.17, 15) is 26.3 Å². The largest absolute Gasteiger partial charge is 0.490 e. The highest BCUT2D eigenvalue weighted by Crippen LogP contribution is 2.19. The standard InChI is InChI=1S/C13H15N3.2C2HF3O2/c1-2-12(16-13-4-6-15-9-13)7-10-3-5-14-8-11(1)10;2*3-2(4,5)1(6)7/h1-3,5,7-8,13,15-16H,4,6,9H2;2*(H,6,7). The molecule has 1 aliphatic rings. The van der Waals surface area contributed by atoms with Crippen LogP contribution in [-0.2, 0) is 9.59 Å². The zero-order chi connectivity index (χ0) is 22.9. The maximum atomic E-state index is 10.6. The van der Waals surface area contributed by atoms with Crippen molar-refractivity contribution in [3.63, 3.8) is 0 Å². The van der Waals surface area contributed by atoms with Gasteiger partial charge in [-0.15, -0.1) is 0 Å². The Labute approximate surface area is 165 Å². The summed E-state index contributed by atoms with van der Waals surface area (Å²) in [4.78, 5) is 21.9. The third-order valence-corrected chi connectivity index (χ3v) is 3.56. The number of nitrogens with zero attached hydrogens (tertiary/aromatic N) is 1. The van der Waals surface area contributed by atoms with Crippen LogP contribution in [0.2, 0.25) is 0 Å². The second-order valence-corrected chi connectivity index (χ2v) is 5.88. The van der Waals surface area contributed by atoms with E-state index in [0.29, 0.717) is 6.04 Å². The van der Waals surface area contributed by atoms with Crippen LogP contribution in [0, 0.1) is 0 Å². The quantitative estimate of drug-likeness (QED) is 0.530. The molecule has 1 unspecified atom stereocenters. The van der Waals surface area contributed by atoms with Gasteiger partial charge in [0.2, 0.25) is 0 Å². The van der Waals surface area contributed by atoms with Gasteiger partial charge in [-0.1, -0.05) is 6.07 Å². The molecule has 2 heterocycles. The molecular formula is C17H17F6N3O4. The fraction of sp³-hybridized carbons (Fsp3) is 0.353. The Morgan fingerprint density at radius 3 is 2.03 bits per heavy atom. The SMILES string of the molecule is O=C(O)C(F)(F)F.O=C(O)C(F)(F)F.c1cc2cc(NC3CCNC3)ccc2cn1. The molecule has 7 nitrogen and oxygen atoms in total. The first-order valence-corrected chi connectivity index (χ1v) is 8.22. The van der Waals surface area contributed by atoms with Crippen molar-refractivity contribution in [2.45, 2.75) is 24.8 Å². The monoisotopic (exact) mass is 441 g/mol. The molecule has 0 amide bonds. The first kappa shape index (κ1) is 24.9. The summed E-state index contributed by atoms with van der Waals surface area (Å²) in [6.45, 7) is 2.18. The number of carboxylic acids is 2. The number of halogens is 6. The molecule has 0 bridgehead atoms. The number of alkyl halides is 6. The lowest BCUT2D eigenvalue weighted by atomic mass is 10.1. The van der Waals surface area contributed by atoms with Crippen LogP contribution < -0.4 is 10.6 Å². The molecule has 1 aromatic heterocycles. The Bertz CT molecular complexity index is 827. The zero-order valence-electron chi connectivity index (χ0n) is 15.1. The summed E-state index contributed by atoms with van der Waals surface area (Å²) in [5.41, 5.74) is 1.20. The second-order valence-electron chi connectivity index (χ2n) is 5.88. The summed E-state index contributed by atoms with van der Waals surface area (Å²) in [6, 6.07) is 9.05. The number of rotatable bonds is 2. The topological polar surface area (TPSA) is 112 Å². The van der Waals surface area contributed by atoms with E-state index in [2.05, 4.69) is 33.8 Å². The van der Waals surface area contributed by atoms with Gasteiger partial charge in [0, 0.05) is 36.1 Å². The predicted molar refractivity (Wildman–Crippen MR) is 94.0 cm³/mol. The molecule has 30 heavy (non-hydrogen) atoms. The van der Waals surface area contributed by atoms with Crippen LogP contribution in [0.25, 0.3) is 10.8 Å². The van der Waals surface area contributed by atoms with Crippen molar-refractivity contribution < 1.29 is 46.1 Å². The number of carbonyl (C=O) groups is 2. The summed E-state index contributed by atoms with van der Waals surface area (Å²) in [6.07, 6.45) is -5.23. The van der Waals surface area contributed by atoms with Crippen LogP contribution >= 0.6 is 0 Å². The van der Waals surface area contributed by atoms with Crippen molar-refractivity contribution in [1.29, 1.82) is 0 Å². The van der Waals surface area contributed by atoms with Crippen LogP contribution in [0.4, 0.5) is 32.0 Å². The number of pyridine rings is 1. The highest BCUT2D eigenvalue weighted by Gasteiger charge is 2.38. The zero-order valence-corrected chi connectivity index (χ0v) is 15.1. The summed E-state index contributed by atoms with van der Waals surface area (Å²) in [5, 5.41) is 23.6. The summed E-state index contributed by atoms with van der Waals surface area (Å²) >= 11 is 0. The second kappa shape index (κ2) is 10.6. The Balaban J connectivity index is 0.000000271. The molecule has 0 radical (unpaired) electrons. The van der Waals surface area contributed by atoms with Gasteiger partial charge in [0.25, 0.3) is 0 Å². The lowest BCUT2D eigenvalue weighted by molar-refractivity contribution is -0.193. The Kier molecular flexibility index (Phi) is 8.83. The molecule has 1 atom stereocenters. The fourth-order valence-electron chi connectivity index (χ4n) is 2.19. The number of anilines is 1. The summed E-state index contributed by atoms with van der Waals surface area (Å²) in [7, 11) is 0. The van der Waals surface area contributed by atoms with Gasteiger partial charge in [0.15, 0.2) is 0 Å². The lowest BCUT2D eigenvalue weighted by Crippen LogP contribution is -2.21. The molecule has 3 rings (SSSR count). The number of benzene rings is 1. The molecule has 4 N–H and O–H groups in total. The molecule has 0 saturated carbocycles. The number of nitrogens with one attached hydrogen (secondary N) is 2. The van der Waals surface area contributed by atoms with Crippen molar-refractivity contribution in [2.24, 2.45) is 0 Å². The molecule has 1 saturated heterocycles. The fourth-order valence-corrected chi connectivity index (χ4v) is 2.19. The van der Waals surface area contributed by atoms with E-state index >= 15 is 0 Å². The average molecular weight is 441 g/mol. The van der Waals surface area contributed by atoms with Crippen LogP contribution in [-0.4, -0.2) is 58.6 Å². The normalized spacial score (nSPS) is 16.0. The van der Waals surface area contributed by atoms with Crippen LogP contribution in [0.5, 0.6) is 0 Å². The van der Waals surface area contributed by atoms with Gasteiger partial charge in [-0.2, -0.15) is 26.3 Å². The molecule has 166 valence electrons. The van der Waals surface area contributed by atoms with Gasteiger partial charge in [-0.05, 0) is 36.6 Å². The van der Waals surface area contributed by atoms with E-state index in [4.69, 9.17) is 19.8 Å². The van der Waals surface area contributed by atoms with E-state index in [1.165, 1.54) is 22.9 Å². The molecule has 1 aliphatic heterocycles. The number of fused-ring (bicyclic) bond motifs is 1. The van der Waals surface area contributed by atoms with Crippen molar-refractivity contribution in [1.82, 2.24) is 10.3 Å². The molecule has 0 spiro atoms. The van der Waals surface area contributed by atoms with Crippen LogP contribution in [0.3, 0.4) is 0 Å². The Morgan fingerprint density at radius 1 is 1.00 bits per heavy atom. The Morgan fingerprint density at radius 2 is 1.57 bits per heavy atom.